The molecule has 0 bridgehead atoms. The van der Waals surface area contributed by atoms with Crippen LogP contribution < -0.4 is 4.90 Å². The number of rotatable bonds is 4. The van der Waals surface area contributed by atoms with Crippen LogP contribution in [-0.4, -0.2) is 51.4 Å². The molecule has 2 saturated heterocycles. The van der Waals surface area contributed by atoms with Gasteiger partial charge in [0.05, 0.1) is 21.6 Å². The summed E-state index contributed by atoms with van der Waals surface area (Å²) in [4.78, 5) is 31.8. The van der Waals surface area contributed by atoms with Crippen LogP contribution in [0.5, 0.6) is 0 Å². The van der Waals surface area contributed by atoms with Gasteiger partial charge in [0.15, 0.2) is 0 Å². The highest BCUT2D eigenvalue weighted by molar-refractivity contribution is 7.15. The molecule has 2 aliphatic rings. The van der Waals surface area contributed by atoms with Gasteiger partial charge in [-0.1, -0.05) is 48.5 Å². The maximum absolute atomic E-state index is 14.5. The average molecular weight is 472 g/mol. The highest BCUT2D eigenvalue weighted by atomic mass is 32.1. The summed E-state index contributed by atoms with van der Waals surface area (Å²) in [6.45, 7) is 3.89. The van der Waals surface area contributed by atoms with Crippen LogP contribution in [0.2, 0.25) is 0 Å². The Kier molecular flexibility index (Phi) is 5.10. The number of amides is 1. The second kappa shape index (κ2) is 8.29. The molecular weight excluding hydrogens is 449 g/mol. The van der Waals surface area contributed by atoms with Gasteiger partial charge in [0.2, 0.25) is 5.95 Å². The Morgan fingerprint density at radius 1 is 1.00 bits per heavy atom. The summed E-state index contributed by atoms with van der Waals surface area (Å²) >= 11 is 1.35. The van der Waals surface area contributed by atoms with E-state index in [9.17, 15) is 9.18 Å². The quantitative estimate of drug-likeness (QED) is 0.433. The van der Waals surface area contributed by atoms with Crippen molar-refractivity contribution in [2.45, 2.75) is 13.0 Å². The molecule has 8 heteroatoms. The van der Waals surface area contributed by atoms with Gasteiger partial charge < -0.3 is 9.80 Å². The van der Waals surface area contributed by atoms with Crippen LogP contribution in [0.3, 0.4) is 0 Å². The number of hydrogen-bond donors (Lipinski definition) is 0. The first-order chi connectivity index (χ1) is 16.6. The first kappa shape index (κ1) is 20.9. The molecule has 1 amide bonds. The largest absolute Gasteiger partial charge is 0.335 e. The van der Waals surface area contributed by atoms with Crippen molar-refractivity contribution in [1.29, 1.82) is 0 Å². The molecule has 4 heterocycles. The Hall–Kier alpha value is -3.65. The summed E-state index contributed by atoms with van der Waals surface area (Å²) in [6, 6.07) is 18.7. The fourth-order valence-electron chi connectivity index (χ4n) is 4.84. The molecule has 0 N–H and O–H groups in total. The molecule has 2 atom stereocenters. The Bertz CT molecular complexity index is 1370. The van der Waals surface area contributed by atoms with Gasteiger partial charge in [0.25, 0.3) is 5.91 Å². The van der Waals surface area contributed by atoms with E-state index in [-0.39, 0.29) is 17.8 Å². The molecule has 6 nitrogen and oxygen atoms in total. The summed E-state index contributed by atoms with van der Waals surface area (Å²) < 4.78 is 14.5. The third-order valence-corrected chi connectivity index (χ3v) is 7.55. The third kappa shape index (κ3) is 3.54. The fourth-order valence-corrected chi connectivity index (χ4v) is 5.78. The van der Waals surface area contributed by atoms with Crippen molar-refractivity contribution >= 4 is 23.2 Å². The van der Waals surface area contributed by atoms with Gasteiger partial charge in [-0.3, -0.25) is 4.79 Å². The topological polar surface area (TPSA) is 62.2 Å². The third-order valence-electron chi connectivity index (χ3n) is 6.55. The monoisotopic (exact) mass is 471 g/mol. The summed E-state index contributed by atoms with van der Waals surface area (Å²) in [5.74, 6) is 0.567. The molecule has 2 aromatic carbocycles. The first-order valence-electron chi connectivity index (χ1n) is 11.2. The highest BCUT2D eigenvalue weighted by Gasteiger charge is 2.48. The number of halogens is 1. The normalized spacial score (nSPS) is 19.1. The van der Waals surface area contributed by atoms with E-state index in [0.29, 0.717) is 41.1 Å². The van der Waals surface area contributed by atoms with E-state index >= 15 is 0 Å². The van der Waals surface area contributed by atoms with Crippen LogP contribution in [0.15, 0.2) is 66.9 Å². The van der Waals surface area contributed by atoms with E-state index < -0.39 is 0 Å². The zero-order valence-corrected chi connectivity index (χ0v) is 19.4. The van der Waals surface area contributed by atoms with Crippen LogP contribution in [0, 0.1) is 18.7 Å². The molecule has 0 aliphatic carbocycles. The van der Waals surface area contributed by atoms with Crippen molar-refractivity contribution in [2.75, 3.05) is 24.5 Å². The fraction of sp³-hybridized carbons (Fsp3) is 0.231. The zero-order chi connectivity index (χ0) is 23.2. The van der Waals surface area contributed by atoms with Gasteiger partial charge in [-0.15, -0.1) is 11.3 Å². The number of aromatic nitrogens is 3. The van der Waals surface area contributed by atoms with Gasteiger partial charge in [0.1, 0.15) is 11.5 Å². The molecule has 4 aromatic rings. The number of carbonyl (C=O) groups excluding carboxylic acids is 1. The number of thiazole rings is 1. The zero-order valence-electron chi connectivity index (χ0n) is 18.6. The number of fused-ring (bicyclic) bond motifs is 1. The van der Waals surface area contributed by atoms with Crippen molar-refractivity contribution in [2.24, 2.45) is 5.92 Å². The predicted molar refractivity (Wildman–Crippen MR) is 130 cm³/mol. The molecule has 2 aliphatic heterocycles. The summed E-state index contributed by atoms with van der Waals surface area (Å²) in [6.07, 6.45) is 1.79. The van der Waals surface area contributed by atoms with E-state index in [1.165, 1.54) is 17.4 Å². The van der Waals surface area contributed by atoms with Gasteiger partial charge in [-0.05, 0) is 19.1 Å². The SMILES string of the molecule is Cc1nc(C(=O)N2C[C@H]3CN(c4nccc(-c5ccccc5)n4)[C@H]3C2)c(-c2ccccc2F)s1. The molecule has 6 rings (SSSR count). The van der Waals surface area contributed by atoms with Crippen LogP contribution >= 0.6 is 11.3 Å². The standard InChI is InChI=1S/C26H22FN5OS/c1-16-29-23(24(34-16)19-9-5-6-10-20(19)27)25(33)31-13-18-14-32(22(18)15-31)26-28-12-11-21(30-26)17-7-3-2-4-8-17/h2-12,18,22H,13-15H2,1H3/t18-,22-/m0/s1. The summed E-state index contributed by atoms with van der Waals surface area (Å²) in [7, 11) is 0. The van der Waals surface area contributed by atoms with Gasteiger partial charge in [-0.2, -0.15) is 0 Å². The number of hydrogen-bond acceptors (Lipinski definition) is 6. The maximum Gasteiger partial charge on any atom is 0.274 e. The minimum Gasteiger partial charge on any atom is -0.335 e. The second-order valence-corrected chi connectivity index (χ2v) is 9.89. The van der Waals surface area contributed by atoms with E-state index in [1.54, 1.807) is 24.4 Å². The van der Waals surface area contributed by atoms with E-state index in [0.717, 1.165) is 22.8 Å². The Morgan fingerprint density at radius 2 is 1.79 bits per heavy atom. The van der Waals surface area contributed by atoms with Crippen molar-refractivity contribution in [3.63, 3.8) is 0 Å². The van der Waals surface area contributed by atoms with Crippen LogP contribution in [0.4, 0.5) is 10.3 Å². The van der Waals surface area contributed by atoms with Crippen LogP contribution in [0.1, 0.15) is 15.5 Å². The number of carbonyl (C=O) groups is 1. The molecule has 34 heavy (non-hydrogen) atoms. The maximum atomic E-state index is 14.5. The molecular formula is C26H22FN5OS. The van der Waals surface area contributed by atoms with Gasteiger partial charge in [0, 0.05) is 42.9 Å². The van der Waals surface area contributed by atoms with Gasteiger partial charge >= 0.3 is 0 Å². The van der Waals surface area contributed by atoms with Crippen molar-refractivity contribution in [1.82, 2.24) is 19.9 Å². The number of aryl methyl sites for hydroxylation is 1. The average Bonchev–Trinajstić information content (AvgIpc) is 3.40. The van der Waals surface area contributed by atoms with Crippen molar-refractivity contribution in [3.05, 3.63) is 83.4 Å². The minimum absolute atomic E-state index is 0.143. The molecule has 2 aromatic heterocycles. The Morgan fingerprint density at radius 3 is 2.62 bits per heavy atom. The Balaban J connectivity index is 1.22. The second-order valence-electron chi connectivity index (χ2n) is 8.69. The van der Waals surface area contributed by atoms with E-state index in [4.69, 9.17) is 4.98 Å². The first-order valence-corrected chi connectivity index (χ1v) is 12.1. The summed E-state index contributed by atoms with van der Waals surface area (Å²) in [5.41, 5.74) is 2.69. The highest BCUT2D eigenvalue weighted by Crippen LogP contribution is 2.38. The molecule has 0 unspecified atom stereocenters. The lowest BCUT2D eigenvalue weighted by atomic mass is 9.92. The Labute approximate surface area is 200 Å². The molecule has 170 valence electrons. The lowest BCUT2D eigenvalue weighted by molar-refractivity contribution is 0.0785. The number of nitrogens with zero attached hydrogens (tertiary/aromatic N) is 5. The van der Waals surface area contributed by atoms with E-state index in [2.05, 4.69) is 14.9 Å². The number of anilines is 1. The van der Waals surface area contributed by atoms with Crippen LogP contribution in [-0.2, 0) is 0 Å². The van der Waals surface area contributed by atoms with E-state index in [1.807, 2.05) is 48.2 Å². The molecule has 2 fully saturated rings. The minimum atomic E-state index is -0.344. The predicted octanol–water partition coefficient (Wildman–Crippen LogP) is 4.68. The summed E-state index contributed by atoms with van der Waals surface area (Å²) in [5, 5.41) is 0.747. The van der Waals surface area contributed by atoms with Crippen molar-refractivity contribution < 1.29 is 9.18 Å². The number of likely N-dealkylation sites (tertiary alicyclic amines) is 1. The van der Waals surface area contributed by atoms with Crippen LogP contribution in [0.25, 0.3) is 21.7 Å². The molecule has 0 spiro atoms. The smallest absolute Gasteiger partial charge is 0.274 e. The molecule has 0 radical (unpaired) electrons. The van der Waals surface area contributed by atoms with Gasteiger partial charge in [-0.25, -0.2) is 19.3 Å². The lowest BCUT2D eigenvalue weighted by Crippen LogP contribution is -2.56. The lowest BCUT2D eigenvalue weighted by Gasteiger charge is -2.43. The number of benzene rings is 2. The van der Waals surface area contributed by atoms with Crippen molar-refractivity contribution in [3.8, 4) is 21.7 Å². The molecule has 0 saturated carbocycles.